The topological polar surface area (TPSA) is 52.6 Å². The van der Waals surface area contributed by atoms with E-state index >= 15 is 0 Å². The summed E-state index contributed by atoms with van der Waals surface area (Å²) in [6, 6.07) is 0.439. The molecular weight excluding hydrogens is 216 g/mol. The molecule has 1 saturated heterocycles. The predicted octanol–water partition coefficient (Wildman–Crippen LogP) is 1.13. The SMILES string of the molecule is CC(O)CC1CCCN1C(C)C(=O)NC(C)C. The standard InChI is InChI=1S/C13H26N2O2/c1-9(2)14-13(17)11(4)15-7-5-6-12(15)8-10(3)16/h9-12,16H,5-8H2,1-4H3,(H,14,17). The van der Waals surface area contributed by atoms with E-state index in [-0.39, 0.29) is 24.1 Å². The number of nitrogens with one attached hydrogen (secondary N) is 1. The summed E-state index contributed by atoms with van der Waals surface area (Å²) in [7, 11) is 0. The third kappa shape index (κ3) is 4.28. The second kappa shape index (κ2) is 6.36. The second-order valence-electron chi connectivity index (χ2n) is 5.46. The monoisotopic (exact) mass is 242 g/mol. The maximum absolute atomic E-state index is 12.0. The Morgan fingerprint density at radius 1 is 1.41 bits per heavy atom. The summed E-state index contributed by atoms with van der Waals surface area (Å²) >= 11 is 0. The lowest BCUT2D eigenvalue weighted by Crippen LogP contribution is -2.49. The van der Waals surface area contributed by atoms with E-state index in [1.54, 1.807) is 0 Å². The summed E-state index contributed by atoms with van der Waals surface area (Å²) in [5.41, 5.74) is 0. The number of hydrogen-bond acceptors (Lipinski definition) is 3. The quantitative estimate of drug-likeness (QED) is 0.760. The van der Waals surface area contributed by atoms with Gasteiger partial charge in [-0.1, -0.05) is 0 Å². The van der Waals surface area contributed by atoms with Crippen molar-refractivity contribution >= 4 is 5.91 Å². The van der Waals surface area contributed by atoms with Crippen LogP contribution in [0.1, 0.15) is 47.0 Å². The van der Waals surface area contributed by atoms with Crippen molar-refractivity contribution in [1.82, 2.24) is 10.2 Å². The van der Waals surface area contributed by atoms with Gasteiger partial charge in [0.2, 0.25) is 5.91 Å². The summed E-state index contributed by atoms with van der Waals surface area (Å²) in [6.45, 7) is 8.68. The van der Waals surface area contributed by atoms with Gasteiger partial charge in [0.1, 0.15) is 0 Å². The van der Waals surface area contributed by atoms with Gasteiger partial charge < -0.3 is 10.4 Å². The van der Waals surface area contributed by atoms with Crippen molar-refractivity contribution in [2.75, 3.05) is 6.54 Å². The normalized spacial score (nSPS) is 24.9. The number of rotatable bonds is 5. The molecule has 0 aliphatic carbocycles. The van der Waals surface area contributed by atoms with E-state index in [2.05, 4.69) is 10.2 Å². The van der Waals surface area contributed by atoms with Crippen LogP contribution in [0.25, 0.3) is 0 Å². The molecule has 4 heteroatoms. The number of carbonyl (C=O) groups is 1. The number of hydrogen-bond donors (Lipinski definition) is 2. The van der Waals surface area contributed by atoms with E-state index in [0.717, 1.165) is 25.8 Å². The highest BCUT2D eigenvalue weighted by molar-refractivity contribution is 5.81. The van der Waals surface area contributed by atoms with Crippen LogP contribution in [0, 0.1) is 0 Å². The summed E-state index contributed by atoms with van der Waals surface area (Å²) in [4.78, 5) is 14.2. The summed E-state index contributed by atoms with van der Waals surface area (Å²) in [5, 5.41) is 12.4. The molecule has 100 valence electrons. The number of amides is 1. The molecule has 1 rings (SSSR count). The first-order valence-electron chi connectivity index (χ1n) is 6.66. The van der Waals surface area contributed by atoms with Crippen molar-refractivity contribution in [3.05, 3.63) is 0 Å². The Bertz CT molecular complexity index is 254. The van der Waals surface area contributed by atoms with E-state index in [4.69, 9.17) is 0 Å². The van der Waals surface area contributed by atoms with E-state index < -0.39 is 0 Å². The van der Waals surface area contributed by atoms with Crippen molar-refractivity contribution < 1.29 is 9.90 Å². The van der Waals surface area contributed by atoms with Crippen LogP contribution in [0.2, 0.25) is 0 Å². The van der Waals surface area contributed by atoms with Crippen LogP contribution in [0.15, 0.2) is 0 Å². The first-order valence-corrected chi connectivity index (χ1v) is 6.66. The molecule has 0 bridgehead atoms. The zero-order valence-electron chi connectivity index (χ0n) is 11.4. The lowest BCUT2D eigenvalue weighted by molar-refractivity contribution is -0.126. The molecule has 0 aromatic carbocycles. The predicted molar refractivity (Wildman–Crippen MR) is 68.8 cm³/mol. The van der Waals surface area contributed by atoms with Gasteiger partial charge in [-0.3, -0.25) is 9.69 Å². The molecular formula is C13H26N2O2. The molecule has 1 amide bonds. The van der Waals surface area contributed by atoms with Crippen molar-refractivity contribution in [2.24, 2.45) is 0 Å². The number of likely N-dealkylation sites (tertiary alicyclic amines) is 1. The number of nitrogens with zero attached hydrogens (tertiary/aromatic N) is 1. The van der Waals surface area contributed by atoms with Gasteiger partial charge in [0.15, 0.2) is 0 Å². The lowest BCUT2D eigenvalue weighted by atomic mass is 10.1. The molecule has 2 N–H and O–H groups in total. The Labute approximate surface area is 104 Å². The summed E-state index contributed by atoms with van der Waals surface area (Å²) in [5.74, 6) is 0.0949. The molecule has 1 aliphatic heterocycles. The molecule has 3 unspecified atom stereocenters. The van der Waals surface area contributed by atoms with Gasteiger partial charge >= 0.3 is 0 Å². The first kappa shape index (κ1) is 14.5. The van der Waals surface area contributed by atoms with Gasteiger partial charge in [-0.05, 0) is 53.5 Å². The molecule has 1 heterocycles. The largest absolute Gasteiger partial charge is 0.393 e. The van der Waals surface area contributed by atoms with Gasteiger partial charge in [0, 0.05) is 12.1 Å². The van der Waals surface area contributed by atoms with Crippen LogP contribution in [-0.4, -0.2) is 46.7 Å². The smallest absolute Gasteiger partial charge is 0.237 e. The van der Waals surface area contributed by atoms with E-state index in [1.807, 2.05) is 27.7 Å². The first-order chi connectivity index (χ1) is 7.91. The number of aliphatic hydroxyl groups excluding tert-OH is 1. The maximum atomic E-state index is 12.0. The van der Waals surface area contributed by atoms with Gasteiger partial charge in [-0.25, -0.2) is 0 Å². The second-order valence-corrected chi connectivity index (χ2v) is 5.46. The van der Waals surface area contributed by atoms with Crippen molar-refractivity contribution in [3.8, 4) is 0 Å². The fraction of sp³-hybridized carbons (Fsp3) is 0.923. The Balaban J connectivity index is 2.54. The molecule has 0 aromatic heterocycles. The van der Waals surface area contributed by atoms with E-state index in [1.165, 1.54) is 0 Å². The minimum absolute atomic E-state index is 0.0938. The fourth-order valence-corrected chi connectivity index (χ4v) is 2.57. The highest BCUT2D eigenvalue weighted by atomic mass is 16.3. The summed E-state index contributed by atoms with van der Waals surface area (Å²) < 4.78 is 0. The van der Waals surface area contributed by atoms with Crippen LogP contribution in [0.5, 0.6) is 0 Å². The molecule has 0 spiro atoms. The van der Waals surface area contributed by atoms with Crippen molar-refractivity contribution in [1.29, 1.82) is 0 Å². The molecule has 17 heavy (non-hydrogen) atoms. The van der Waals surface area contributed by atoms with Crippen LogP contribution in [0.4, 0.5) is 0 Å². The van der Waals surface area contributed by atoms with Crippen LogP contribution in [-0.2, 0) is 4.79 Å². The average Bonchev–Trinajstić information content (AvgIpc) is 2.62. The van der Waals surface area contributed by atoms with Crippen molar-refractivity contribution in [2.45, 2.75) is 71.2 Å². The highest BCUT2D eigenvalue weighted by Gasteiger charge is 2.32. The van der Waals surface area contributed by atoms with E-state index in [0.29, 0.717) is 6.04 Å². The third-order valence-electron chi connectivity index (χ3n) is 3.34. The average molecular weight is 242 g/mol. The van der Waals surface area contributed by atoms with Crippen LogP contribution < -0.4 is 5.32 Å². The molecule has 0 saturated carbocycles. The van der Waals surface area contributed by atoms with E-state index in [9.17, 15) is 9.90 Å². The Morgan fingerprint density at radius 2 is 2.06 bits per heavy atom. The van der Waals surface area contributed by atoms with Gasteiger partial charge in [0.25, 0.3) is 0 Å². The Kier molecular flexibility index (Phi) is 5.40. The van der Waals surface area contributed by atoms with Gasteiger partial charge in [-0.2, -0.15) is 0 Å². The lowest BCUT2D eigenvalue weighted by Gasteiger charge is -2.31. The zero-order valence-corrected chi connectivity index (χ0v) is 11.4. The van der Waals surface area contributed by atoms with Gasteiger partial charge in [0.05, 0.1) is 12.1 Å². The molecule has 4 nitrogen and oxygen atoms in total. The fourth-order valence-electron chi connectivity index (χ4n) is 2.57. The molecule has 0 radical (unpaired) electrons. The summed E-state index contributed by atoms with van der Waals surface area (Å²) in [6.07, 6.45) is 2.68. The minimum Gasteiger partial charge on any atom is -0.393 e. The molecule has 3 atom stereocenters. The highest BCUT2D eigenvalue weighted by Crippen LogP contribution is 2.23. The molecule has 1 fully saturated rings. The van der Waals surface area contributed by atoms with Crippen LogP contribution in [0.3, 0.4) is 0 Å². The Morgan fingerprint density at radius 3 is 2.59 bits per heavy atom. The number of carbonyl (C=O) groups excluding carboxylic acids is 1. The van der Waals surface area contributed by atoms with Gasteiger partial charge in [-0.15, -0.1) is 0 Å². The molecule has 0 aromatic rings. The third-order valence-corrected chi connectivity index (χ3v) is 3.34. The van der Waals surface area contributed by atoms with Crippen LogP contribution >= 0.6 is 0 Å². The Hall–Kier alpha value is -0.610. The zero-order chi connectivity index (χ0) is 13.0. The number of aliphatic hydroxyl groups is 1. The minimum atomic E-state index is -0.291. The van der Waals surface area contributed by atoms with Crippen molar-refractivity contribution in [3.63, 3.8) is 0 Å². The maximum Gasteiger partial charge on any atom is 0.237 e. The molecule has 1 aliphatic rings.